The molecular weight excluding hydrogens is 386 g/mol. The summed E-state index contributed by atoms with van der Waals surface area (Å²) in [6.07, 6.45) is 4.20. The van der Waals surface area contributed by atoms with Gasteiger partial charge in [-0.15, -0.1) is 0 Å². The Morgan fingerprint density at radius 1 is 1.00 bits per heavy atom. The first-order chi connectivity index (χ1) is 14.7. The number of fused-ring (bicyclic) bond motifs is 1. The van der Waals surface area contributed by atoms with Crippen LogP contribution in [0.5, 0.6) is 11.5 Å². The Balaban J connectivity index is 1.62. The summed E-state index contributed by atoms with van der Waals surface area (Å²) in [4.78, 5) is 7.47. The number of hydrogen-bond acceptors (Lipinski definition) is 3. The van der Waals surface area contributed by atoms with E-state index in [0.717, 1.165) is 27.7 Å². The molecule has 1 N–H and O–H groups in total. The van der Waals surface area contributed by atoms with E-state index in [9.17, 15) is 8.78 Å². The van der Waals surface area contributed by atoms with Crippen LogP contribution in [-0.4, -0.2) is 23.2 Å². The Labute approximate surface area is 173 Å². The smallest absolute Gasteiger partial charge is 0.164 e. The van der Waals surface area contributed by atoms with Gasteiger partial charge in [-0.05, 0) is 42.3 Å². The van der Waals surface area contributed by atoms with Crippen LogP contribution in [0.4, 0.5) is 8.78 Å². The molecule has 0 spiro atoms. The van der Waals surface area contributed by atoms with Crippen LogP contribution in [0.25, 0.3) is 11.0 Å². The molecule has 2 aromatic carbocycles. The molecule has 30 heavy (non-hydrogen) atoms. The van der Waals surface area contributed by atoms with Crippen LogP contribution in [0, 0.1) is 12.7 Å². The number of halogens is 2. The summed E-state index contributed by atoms with van der Waals surface area (Å²) in [6.45, 7) is 1.19. The van der Waals surface area contributed by atoms with E-state index in [4.69, 9.17) is 9.47 Å². The summed E-state index contributed by atoms with van der Waals surface area (Å²) < 4.78 is 38.6. The number of aryl methyl sites for hydroxylation is 1. The molecule has 0 saturated heterocycles. The number of ether oxygens (including phenoxy) is 2. The molecule has 0 atom stereocenters. The van der Waals surface area contributed by atoms with E-state index in [1.165, 1.54) is 6.07 Å². The van der Waals surface area contributed by atoms with Crippen molar-refractivity contribution in [2.75, 3.05) is 13.3 Å². The van der Waals surface area contributed by atoms with Gasteiger partial charge in [0.05, 0.1) is 0 Å². The highest BCUT2D eigenvalue weighted by Crippen LogP contribution is 2.34. The standard InChI is InChI=1S/C24H22F2N2O2/c1-16-7-8-18(21(26)12-16)15-30-22-6-2-4-17(23(22)29-11-9-25)13-19-14-28-24-20(19)5-3-10-27-24/h2-8,10,12,14H,9,11,13,15H2,1H3,(H,27,28). The van der Waals surface area contributed by atoms with E-state index in [0.29, 0.717) is 23.5 Å². The maximum atomic E-state index is 14.2. The van der Waals surface area contributed by atoms with Crippen LogP contribution in [0.3, 0.4) is 0 Å². The third-order valence-electron chi connectivity index (χ3n) is 4.89. The molecule has 0 unspecified atom stereocenters. The molecule has 4 nitrogen and oxygen atoms in total. The van der Waals surface area contributed by atoms with Crippen molar-refractivity contribution in [2.45, 2.75) is 20.0 Å². The van der Waals surface area contributed by atoms with E-state index < -0.39 is 6.67 Å². The SMILES string of the molecule is Cc1ccc(COc2cccc(Cc3c[nH]c4ncccc34)c2OCCF)c(F)c1. The topological polar surface area (TPSA) is 47.1 Å². The second-order valence-corrected chi connectivity index (χ2v) is 7.06. The molecule has 0 aliphatic rings. The van der Waals surface area contributed by atoms with Crippen molar-refractivity contribution in [1.29, 1.82) is 0 Å². The predicted octanol–water partition coefficient (Wildman–Crippen LogP) is 5.53. The van der Waals surface area contributed by atoms with Crippen LogP contribution in [0.15, 0.2) is 60.9 Å². The van der Waals surface area contributed by atoms with E-state index in [-0.39, 0.29) is 19.0 Å². The van der Waals surface area contributed by atoms with E-state index in [1.54, 1.807) is 18.3 Å². The number of para-hydroxylation sites is 1. The average molecular weight is 408 g/mol. The van der Waals surface area contributed by atoms with E-state index in [2.05, 4.69) is 9.97 Å². The molecule has 6 heteroatoms. The number of aromatic nitrogens is 2. The molecule has 0 radical (unpaired) electrons. The minimum atomic E-state index is -0.614. The van der Waals surface area contributed by atoms with Gasteiger partial charge in [-0.1, -0.05) is 24.3 Å². The van der Waals surface area contributed by atoms with Gasteiger partial charge in [0.1, 0.15) is 31.4 Å². The number of nitrogens with one attached hydrogen (secondary N) is 1. The Morgan fingerprint density at radius 3 is 2.73 bits per heavy atom. The first-order valence-corrected chi connectivity index (χ1v) is 9.75. The number of alkyl halides is 1. The zero-order valence-corrected chi connectivity index (χ0v) is 16.6. The van der Waals surface area contributed by atoms with Crippen molar-refractivity contribution < 1.29 is 18.3 Å². The number of aromatic amines is 1. The van der Waals surface area contributed by atoms with Crippen molar-refractivity contribution in [2.24, 2.45) is 0 Å². The zero-order valence-electron chi connectivity index (χ0n) is 16.6. The van der Waals surface area contributed by atoms with Gasteiger partial charge in [0.25, 0.3) is 0 Å². The fraction of sp³-hybridized carbons (Fsp3) is 0.208. The fourth-order valence-electron chi connectivity index (χ4n) is 3.41. The molecule has 0 aliphatic heterocycles. The van der Waals surface area contributed by atoms with Gasteiger partial charge < -0.3 is 14.5 Å². The van der Waals surface area contributed by atoms with Gasteiger partial charge in [-0.2, -0.15) is 0 Å². The fourth-order valence-corrected chi connectivity index (χ4v) is 3.41. The largest absolute Gasteiger partial charge is 0.487 e. The van der Waals surface area contributed by atoms with Gasteiger partial charge >= 0.3 is 0 Å². The second kappa shape index (κ2) is 8.95. The minimum absolute atomic E-state index is 0.0541. The van der Waals surface area contributed by atoms with E-state index >= 15 is 0 Å². The van der Waals surface area contributed by atoms with Gasteiger partial charge in [-0.25, -0.2) is 13.8 Å². The second-order valence-electron chi connectivity index (χ2n) is 7.06. The normalized spacial score (nSPS) is 11.0. The van der Waals surface area contributed by atoms with Crippen molar-refractivity contribution in [3.05, 3.63) is 89.0 Å². The van der Waals surface area contributed by atoms with Crippen LogP contribution < -0.4 is 9.47 Å². The van der Waals surface area contributed by atoms with E-state index in [1.807, 2.05) is 43.5 Å². The lowest BCUT2D eigenvalue weighted by molar-refractivity contribution is 0.240. The summed E-state index contributed by atoms with van der Waals surface area (Å²) >= 11 is 0. The minimum Gasteiger partial charge on any atom is -0.487 e. The summed E-state index contributed by atoms with van der Waals surface area (Å²) in [6, 6.07) is 14.4. The van der Waals surface area contributed by atoms with Crippen molar-refractivity contribution >= 4 is 11.0 Å². The summed E-state index contributed by atoms with van der Waals surface area (Å²) in [5, 5.41) is 1.02. The maximum absolute atomic E-state index is 14.2. The molecular formula is C24H22F2N2O2. The zero-order chi connectivity index (χ0) is 20.9. The number of benzene rings is 2. The third-order valence-corrected chi connectivity index (χ3v) is 4.89. The predicted molar refractivity (Wildman–Crippen MR) is 112 cm³/mol. The summed E-state index contributed by atoms with van der Waals surface area (Å²) in [5.74, 6) is 0.614. The average Bonchev–Trinajstić information content (AvgIpc) is 3.15. The monoisotopic (exact) mass is 408 g/mol. The third kappa shape index (κ3) is 4.27. The highest BCUT2D eigenvalue weighted by Gasteiger charge is 2.15. The quantitative estimate of drug-likeness (QED) is 0.417. The molecule has 0 fully saturated rings. The number of pyridine rings is 1. The number of rotatable bonds is 8. The highest BCUT2D eigenvalue weighted by molar-refractivity contribution is 5.80. The summed E-state index contributed by atoms with van der Waals surface area (Å²) in [5.41, 5.74) is 4.00. The Hall–Kier alpha value is -3.41. The van der Waals surface area contributed by atoms with Gasteiger partial charge in [-0.3, -0.25) is 0 Å². The van der Waals surface area contributed by atoms with Gasteiger partial charge in [0, 0.05) is 35.3 Å². The number of nitrogens with zero attached hydrogens (tertiary/aromatic N) is 1. The van der Waals surface area contributed by atoms with Crippen molar-refractivity contribution in [1.82, 2.24) is 9.97 Å². The molecule has 0 amide bonds. The van der Waals surface area contributed by atoms with Crippen LogP contribution in [0.2, 0.25) is 0 Å². The highest BCUT2D eigenvalue weighted by atomic mass is 19.1. The first-order valence-electron chi connectivity index (χ1n) is 9.75. The molecule has 154 valence electrons. The lowest BCUT2D eigenvalue weighted by atomic mass is 10.0. The van der Waals surface area contributed by atoms with Gasteiger partial charge in [0.2, 0.25) is 0 Å². The molecule has 0 aliphatic carbocycles. The Bertz CT molecular complexity index is 1160. The Kier molecular flexibility index (Phi) is 5.93. The first kappa shape index (κ1) is 19.9. The van der Waals surface area contributed by atoms with Crippen molar-refractivity contribution in [3.8, 4) is 11.5 Å². The maximum Gasteiger partial charge on any atom is 0.164 e. The molecule has 0 saturated carbocycles. The van der Waals surface area contributed by atoms with Gasteiger partial charge in [0.15, 0.2) is 11.5 Å². The Morgan fingerprint density at radius 2 is 1.90 bits per heavy atom. The lowest BCUT2D eigenvalue weighted by Crippen LogP contribution is -2.06. The van der Waals surface area contributed by atoms with Crippen LogP contribution in [0.1, 0.15) is 22.3 Å². The van der Waals surface area contributed by atoms with Crippen LogP contribution in [-0.2, 0) is 13.0 Å². The van der Waals surface area contributed by atoms with Crippen molar-refractivity contribution in [3.63, 3.8) is 0 Å². The number of H-pyrrole nitrogens is 1. The molecule has 0 bridgehead atoms. The lowest BCUT2D eigenvalue weighted by Gasteiger charge is -2.16. The summed E-state index contributed by atoms with van der Waals surface area (Å²) in [7, 11) is 0. The number of hydrogen-bond donors (Lipinski definition) is 1. The van der Waals surface area contributed by atoms with Crippen LogP contribution >= 0.6 is 0 Å². The molecule has 2 heterocycles. The molecule has 4 rings (SSSR count). The molecule has 4 aromatic rings. The molecule has 2 aromatic heterocycles.